The number of aromatic nitrogens is 2. The van der Waals surface area contributed by atoms with Crippen molar-refractivity contribution in [1.29, 1.82) is 0 Å². The van der Waals surface area contributed by atoms with E-state index in [0.29, 0.717) is 17.5 Å². The van der Waals surface area contributed by atoms with E-state index in [2.05, 4.69) is 10.3 Å². The molecule has 4 rings (SSSR count). The first-order valence-corrected chi connectivity index (χ1v) is 11.6. The number of hydrogen-bond acceptors (Lipinski definition) is 6. The minimum atomic E-state index is -2.65. The molecule has 1 aliphatic rings. The van der Waals surface area contributed by atoms with Crippen LogP contribution in [-0.2, 0) is 13.1 Å². The Morgan fingerprint density at radius 1 is 1.26 bits per heavy atom. The first kappa shape index (κ1) is 21.3. The number of carbonyl (C=O) groups is 1. The van der Waals surface area contributed by atoms with Crippen LogP contribution in [0.3, 0.4) is 0 Å². The van der Waals surface area contributed by atoms with Crippen LogP contribution in [0.4, 0.5) is 4.39 Å². The van der Waals surface area contributed by atoms with E-state index in [1.54, 1.807) is 12.1 Å². The van der Waals surface area contributed by atoms with Gasteiger partial charge >= 0.3 is 0 Å². The summed E-state index contributed by atoms with van der Waals surface area (Å²) in [6.07, 6.45) is 1.99. The Bertz CT molecular complexity index is 1200. The number of halogens is 1. The maximum absolute atomic E-state index is 13.2. The lowest BCUT2D eigenvalue weighted by molar-refractivity contribution is 0.0946. The maximum Gasteiger partial charge on any atom is 0.267 e. The average Bonchev–Trinajstić information content (AvgIpc) is 3.09. The molecule has 3 heterocycles. The molecule has 1 atom stereocenters. The summed E-state index contributed by atoms with van der Waals surface area (Å²) in [5, 5.41) is 13.2. The number of aromatic hydroxyl groups is 1. The Kier molecular flexibility index (Phi) is 5.69. The van der Waals surface area contributed by atoms with Crippen LogP contribution in [0.15, 0.2) is 47.4 Å². The highest BCUT2D eigenvalue weighted by atomic mass is 32.3. The lowest BCUT2D eigenvalue weighted by Gasteiger charge is -2.26. The Balaban J connectivity index is 1.68. The fraction of sp³-hybridized carbons (Fsp3) is 0.286. The van der Waals surface area contributed by atoms with E-state index < -0.39 is 39.2 Å². The zero-order valence-electron chi connectivity index (χ0n) is 16.5. The van der Waals surface area contributed by atoms with Crippen molar-refractivity contribution >= 4 is 27.5 Å². The number of hydrogen-bond donors (Lipinski definition) is 4. The molecular formula is C21H22FN3O5S. The summed E-state index contributed by atoms with van der Waals surface area (Å²) in [5.41, 5.74) is -0.0114. The number of fused-ring (bicyclic) bond motifs is 1. The topological polar surface area (TPSA) is 125 Å². The maximum atomic E-state index is 13.2. The van der Waals surface area contributed by atoms with Gasteiger partial charge in [0.15, 0.2) is 5.75 Å². The highest BCUT2D eigenvalue weighted by molar-refractivity contribution is 8.24. The van der Waals surface area contributed by atoms with E-state index in [-0.39, 0.29) is 36.0 Å². The third kappa shape index (κ3) is 4.41. The van der Waals surface area contributed by atoms with E-state index >= 15 is 0 Å². The highest BCUT2D eigenvalue weighted by Crippen LogP contribution is 2.48. The standard InChI is InChI=1S/C21H22FN3O5S/c22-15-5-3-13(4-6-15)10-24-20(27)17-19(26)18-16(2-1-8-23-18)25(21(17)28)11-14-7-9-31(29,30)12-14/h1-6,8,14,26,29-30H,7,9-12H2,(H,24,27). The highest BCUT2D eigenvalue weighted by Gasteiger charge is 2.30. The van der Waals surface area contributed by atoms with E-state index in [0.717, 1.165) is 0 Å². The third-order valence-corrected chi connectivity index (χ3v) is 7.28. The van der Waals surface area contributed by atoms with Gasteiger partial charge in [-0.05, 0) is 42.2 Å². The Hall–Kier alpha value is -2.95. The van der Waals surface area contributed by atoms with Crippen molar-refractivity contribution in [3.05, 3.63) is 69.9 Å². The lowest BCUT2D eigenvalue weighted by atomic mass is 10.1. The minimum absolute atomic E-state index is 0.0434. The van der Waals surface area contributed by atoms with Crippen LogP contribution in [0.2, 0.25) is 0 Å². The fourth-order valence-corrected chi connectivity index (χ4v) is 5.73. The molecule has 0 spiro atoms. The number of amides is 1. The molecule has 1 unspecified atom stereocenters. The molecule has 1 fully saturated rings. The van der Waals surface area contributed by atoms with Crippen molar-refractivity contribution in [1.82, 2.24) is 14.9 Å². The molecule has 3 aromatic rings. The molecular weight excluding hydrogens is 425 g/mol. The number of rotatable bonds is 5. The second-order valence-corrected chi connectivity index (χ2v) is 9.99. The van der Waals surface area contributed by atoms with Crippen molar-refractivity contribution in [2.24, 2.45) is 5.92 Å². The van der Waals surface area contributed by atoms with Gasteiger partial charge in [-0.15, -0.1) is 0 Å². The summed E-state index contributed by atoms with van der Waals surface area (Å²) in [4.78, 5) is 30.1. The summed E-state index contributed by atoms with van der Waals surface area (Å²) in [5.74, 6) is -1.36. The van der Waals surface area contributed by atoms with Gasteiger partial charge in [-0.25, -0.2) is 4.39 Å². The largest absolute Gasteiger partial charge is 0.505 e. The second kappa shape index (κ2) is 8.29. The number of nitrogens with one attached hydrogen (secondary N) is 1. The quantitative estimate of drug-likeness (QED) is 0.477. The normalized spacial score (nSPS) is 18.7. The van der Waals surface area contributed by atoms with Crippen LogP contribution < -0.4 is 10.9 Å². The van der Waals surface area contributed by atoms with Crippen LogP contribution >= 0.6 is 10.6 Å². The van der Waals surface area contributed by atoms with Crippen LogP contribution in [0, 0.1) is 11.7 Å². The number of benzene rings is 1. The van der Waals surface area contributed by atoms with Gasteiger partial charge in [-0.2, -0.15) is 10.6 Å². The van der Waals surface area contributed by atoms with Crippen molar-refractivity contribution in [3.8, 4) is 5.75 Å². The summed E-state index contributed by atoms with van der Waals surface area (Å²) in [6.45, 7) is 0.219. The zero-order chi connectivity index (χ0) is 22.2. The second-order valence-electron chi connectivity index (χ2n) is 7.65. The molecule has 0 aliphatic carbocycles. The fourth-order valence-electron chi connectivity index (χ4n) is 3.82. The van der Waals surface area contributed by atoms with Crippen LogP contribution in [0.5, 0.6) is 5.75 Å². The molecule has 0 saturated carbocycles. The third-order valence-electron chi connectivity index (χ3n) is 5.39. The predicted octanol–water partition coefficient (Wildman–Crippen LogP) is 2.94. The van der Waals surface area contributed by atoms with E-state index in [4.69, 9.17) is 0 Å². The molecule has 1 aliphatic heterocycles. The first-order valence-electron chi connectivity index (χ1n) is 9.72. The van der Waals surface area contributed by atoms with Gasteiger partial charge in [0.1, 0.15) is 16.9 Å². The number of nitrogens with zero attached hydrogens (tertiary/aromatic N) is 2. The Morgan fingerprint density at radius 3 is 2.68 bits per heavy atom. The van der Waals surface area contributed by atoms with Gasteiger partial charge in [0.2, 0.25) is 0 Å². The summed E-state index contributed by atoms with van der Waals surface area (Å²) in [7, 11) is -2.65. The number of pyridine rings is 2. The van der Waals surface area contributed by atoms with Gasteiger partial charge in [0.25, 0.3) is 11.5 Å². The Morgan fingerprint density at radius 2 is 2.00 bits per heavy atom. The predicted molar refractivity (Wildman–Crippen MR) is 116 cm³/mol. The van der Waals surface area contributed by atoms with Gasteiger partial charge in [-0.1, -0.05) is 12.1 Å². The molecule has 0 bridgehead atoms. The molecule has 31 heavy (non-hydrogen) atoms. The Labute approximate surface area is 178 Å². The summed E-state index contributed by atoms with van der Waals surface area (Å²) < 4.78 is 34.3. The smallest absolute Gasteiger partial charge is 0.267 e. The monoisotopic (exact) mass is 447 g/mol. The van der Waals surface area contributed by atoms with Crippen molar-refractivity contribution in [3.63, 3.8) is 0 Å². The van der Waals surface area contributed by atoms with Gasteiger partial charge in [0, 0.05) is 30.8 Å². The molecule has 1 saturated heterocycles. The van der Waals surface area contributed by atoms with E-state index in [1.807, 2.05) is 0 Å². The van der Waals surface area contributed by atoms with Crippen molar-refractivity contribution < 1.29 is 23.4 Å². The van der Waals surface area contributed by atoms with Crippen LogP contribution in [0.1, 0.15) is 22.3 Å². The molecule has 1 aromatic carbocycles. The molecule has 1 amide bonds. The molecule has 0 radical (unpaired) electrons. The average molecular weight is 447 g/mol. The molecule has 164 valence electrons. The van der Waals surface area contributed by atoms with E-state index in [9.17, 15) is 28.2 Å². The van der Waals surface area contributed by atoms with Gasteiger partial charge in [-0.3, -0.25) is 23.7 Å². The van der Waals surface area contributed by atoms with Gasteiger partial charge < -0.3 is 15.0 Å². The SMILES string of the molecule is O=C(NCc1ccc(F)cc1)c1c(O)c2ncccc2n(CC2CCS(O)(O)C2)c1=O. The van der Waals surface area contributed by atoms with Crippen molar-refractivity contribution in [2.75, 3.05) is 11.5 Å². The number of carbonyl (C=O) groups excluding carboxylic acids is 1. The molecule has 4 N–H and O–H groups in total. The summed E-state index contributed by atoms with van der Waals surface area (Å²) in [6, 6.07) is 8.78. The van der Waals surface area contributed by atoms with Crippen LogP contribution in [0.25, 0.3) is 11.0 Å². The van der Waals surface area contributed by atoms with Gasteiger partial charge in [0.05, 0.1) is 5.52 Å². The van der Waals surface area contributed by atoms with Crippen molar-refractivity contribution in [2.45, 2.75) is 19.5 Å². The summed E-state index contributed by atoms with van der Waals surface area (Å²) >= 11 is 0. The first-order chi connectivity index (χ1) is 14.7. The van der Waals surface area contributed by atoms with Crippen LogP contribution in [-0.4, -0.2) is 41.2 Å². The zero-order valence-corrected chi connectivity index (χ0v) is 17.3. The molecule has 2 aromatic heterocycles. The molecule has 8 nitrogen and oxygen atoms in total. The van der Waals surface area contributed by atoms with E-state index in [1.165, 1.54) is 35.0 Å². The minimum Gasteiger partial charge on any atom is -0.505 e. The lowest BCUT2D eigenvalue weighted by Crippen LogP contribution is -2.34. The molecule has 10 heteroatoms.